The van der Waals surface area contributed by atoms with E-state index in [0.717, 1.165) is 30.7 Å². The predicted octanol–water partition coefficient (Wildman–Crippen LogP) is 2.66. The van der Waals surface area contributed by atoms with Crippen LogP contribution in [-0.2, 0) is 6.54 Å². The molecule has 86 valence electrons. The summed E-state index contributed by atoms with van der Waals surface area (Å²) in [6.07, 6.45) is 5.99. The van der Waals surface area contributed by atoms with Crippen molar-refractivity contribution in [1.29, 1.82) is 0 Å². The lowest BCUT2D eigenvalue weighted by Gasteiger charge is -2.08. The second-order valence-corrected chi connectivity index (χ2v) is 4.07. The lowest BCUT2D eigenvalue weighted by Crippen LogP contribution is -2.14. The van der Waals surface area contributed by atoms with Crippen LogP contribution >= 0.6 is 0 Å². The van der Waals surface area contributed by atoms with Crippen LogP contribution in [0.5, 0.6) is 0 Å². The van der Waals surface area contributed by atoms with Gasteiger partial charge in [-0.1, -0.05) is 18.2 Å². The van der Waals surface area contributed by atoms with Crippen molar-refractivity contribution in [3.8, 4) is 12.3 Å². The molecule has 2 heteroatoms. The van der Waals surface area contributed by atoms with Gasteiger partial charge in [0.15, 0.2) is 0 Å². The number of hydrogen-bond acceptors (Lipinski definition) is 2. The van der Waals surface area contributed by atoms with E-state index in [2.05, 4.69) is 28.4 Å². The molecular weight excluding hydrogens is 208 g/mol. The first-order chi connectivity index (χ1) is 8.31. The second-order valence-electron chi connectivity index (χ2n) is 4.07. The fourth-order valence-corrected chi connectivity index (χ4v) is 1.92. The number of hydrogen-bond donors (Lipinski definition) is 1. The van der Waals surface area contributed by atoms with E-state index in [-0.39, 0.29) is 0 Å². The van der Waals surface area contributed by atoms with Crippen molar-refractivity contribution in [3.63, 3.8) is 0 Å². The summed E-state index contributed by atoms with van der Waals surface area (Å²) in [4.78, 5) is 4.52. The Balaban J connectivity index is 2.23. The molecule has 0 amide bonds. The molecule has 2 nitrogen and oxygen atoms in total. The summed E-state index contributed by atoms with van der Waals surface area (Å²) >= 11 is 0. The molecule has 0 unspecified atom stereocenters. The summed E-state index contributed by atoms with van der Waals surface area (Å²) in [5.74, 6) is 2.63. The maximum Gasteiger partial charge on any atom is 0.0708 e. The normalized spacial score (nSPS) is 10.4. The fraction of sp³-hybridized carbons (Fsp3) is 0.267. The quantitative estimate of drug-likeness (QED) is 0.638. The van der Waals surface area contributed by atoms with Crippen molar-refractivity contribution >= 4 is 10.9 Å². The van der Waals surface area contributed by atoms with Gasteiger partial charge in [0.2, 0.25) is 0 Å². The molecule has 0 fully saturated rings. The van der Waals surface area contributed by atoms with E-state index in [1.54, 1.807) is 0 Å². The highest BCUT2D eigenvalue weighted by Crippen LogP contribution is 2.17. The molecule has 1 aromatic carbocycles. The Morgan fingerprint density at radius 2 is 2.18 bits per heavy atom. The molecule has 0 radical (unpaired) electrons. The molecule has 1 aromatic heterocycles. The average Bonchev–Trinajstić information content (AvgIpc) is 2.34. The first-order valence-electron chi connectivity index (χ1n) is 5.80. The standard InChI is InChI=1S/C15H16N2/c1-3-4-9-16-11-13-10-12(2)17-15-8-6-5-7-14(13)15/h1,5-8,10,16H,4,9,11H2,2H3. The van der Waals surface area contributed by atoms with Crippen molar-refractivity contribution in [2.45, 2.75) is 19.9 Å². The van der Waals surface area contributed by atoms with Gasteiger partial charge in [-0.15, -0.1) is 12.3 Å². The second kappa shape index (κ2) is 5.47. The summed E-state index contributed by atoms with van der Waals surface area (Å²) in [5.41, 5.74) is 3.39. The Hall–Kier alpha value is -1.85. The van der Waals surface area contributed by atoms with Crippen molar-refractivity contribution in [3.05, 3.63) is 41.6 Å². The van der Waals surface area contributed by atoms with E-state index >= 15 is 0 Å². The summed E-state index contributed by atoms with van der Waals surface area (Å²) in [6.45, 7) is 3.72. The van der Waals surface area contributed by atoms with Crippen molar-refractivity contribution in [1.82, 2.24) is 10.3 Å². The van der Waals surface area contributed by atoms with E-state index in [9.17, 15) is 0 Å². The molecule has 0 saturated carbocycles. The van der Waals surface area contributed by atoms with Gasteiger partial charge in [-0.3, -0.25) is 4.98 Å². The zero-order valence-electron chi connectivity index (χ0n) is 10.0. The molecule has 0 saturated heterocycles. The third-order valence-electron chi connectivity index (χ3n) is 2.69. The number of aromatic nitrogens is 1. The number of nitrogens with zero attached hydrogens (tertiary/aromatic N) is 1. The van der Waals surface area contributed by atoms with Crippen molar-refractivity contribution in [2.75, 3.05) is 6.54 Å². The molecule has 17 heavy (non-hydrogen) atoms. The number of para-hydroxylation sites is 1. The topological polar surface area (TPSA) is 24.9 Å². The average molecular weight is 224 g/mol. The predicted molar refractivity (Wildman–Crippen MR) is 71.6 cm³/mol. The number of rotatable bonds is 4. The minimum Gasteiger partial charge on any atom is -0.312 e. The highest BCUT2D eigenvalue weighted by atomic mass is 14.8. The highest BCUT2D eigenvalue weighted by Gasteiger charge is 2.02. The van der Waals surface area contributed by atoms with Crippen LogP contribution < -0.4 is 5.32 Å². The molecule has 1 heterocycles. The molecule has 0 aliphatic heterocycles. The SMILES string of the molecule is C#CCCNCc1cc(C)nc2ccccc12. The van der Waals surface area contributed by atoms with Gasteiger partial charge in [0, 0.05) is 30.6 Å². The van der Waals surface area contributed by atoms with Crippen LogP contribution in [-0.4, -0.2) is 11.5 Å². The molecule has 1 N–H and O–H groups in total. The maximum atomic E-state index is 5.22. The fourth-order valence-electron chi connectivity index (χ4n) is 1.92. The maximum absolute atomic E-state index is 5.22. The smallest absolute Gasteiger partial charge is 0.0708 e. The molecule has 0 spiro atoms. The molecule has 0 aliphatic rings. The number of fused-ring (bicyclic) bond motifs is 1. The van der Waals surface area contributed by atoms with Crippen LogP contribution in [0.2, 0.25) is 0 Å². The lowest BCUT2D eigenvalue weighted by atomic mass is 10.1. The molecule has 0 atom stereocenters. The van der Waals surface area contributed by atoms with Gasteiger partial charge in [-0.2, -0.15) is 0 Å². The Bertz CT molecular complexity index is 552. The zero-order chi connectivity index (χ0) is 12.1. The molecule has 0 aliphatic carbocycles. The van der Waals surface area contributed by atoms with E-state index in [1.165, 1.54) is 10.9 Å². The summed E-state index contributed by atoms with van der Waals surface area (Å²) in [6, 6.07) is 10.4. The number of aryl methyl sites for hydroxylation is 1. The first-order valence-corrected chi connectivity index (χ1v) is 5.80. The van der Waals surface area contributed by atoms with Crippen LogP contribution in [0.25, 0.3) is 10.9 Å². The lowest BCUT2D eigenvalue weighted by molar-refractivity contribution is 0.703. The van der Waals surface area contributed by atoms with Crippen LogP contribution in [0.3, 0.4) is 0 Å². The van der Waals surface area contributed by atoms with Crippen LogP contribution in [0.1, 0.15) is 17.7 Å². The molecule has 0 bridgehead atoms. The molecular formula is C15H16N2. The highest BCUT2D eigenvalue weighted by molar-refractivity contribution is 5.82. The van der Waals surface area contributed by atoms with Gasteiger partial charge in [-0.05, 0) is 24.6 Å². The zero-order valence-corrected chi connectivity index (χ0v) is 10.0. The third-order valence-corrected chi connectivity index (χ3v) is 2.69. The summed E-state index contributed by atoms with van der Waals surface area (Å²) < 4.78 is 0. The monoisotopic (exact) mass is 224 g/mol. The van der Waals surface area contributed by atoms with E-state index in [1.807, 2.05) is 25.1 Å². The van der Waals surface area contributed by atoms with Gasteiger partial charge < -0.3 is 5.32 Å². The van der Waals surface area contributed by atoms with Gasteiger partial charge in [-0.25, -0.2) is 0 Å². The van der Waals surface area contributed by atoms with Crippen LogP contribution in [0, 0.1) is 19.3 Å². The third kappa shape index (κ3) is 2.83. The Morgan fingerprint density at radius 3 is 3.00 bits per heavy atom. The number of pyridine rings is 1. The van der Waals surface area contributed by atoms with Gasteiger partial charge in [0.1, 0.15) is 0 Å². The van der Waals surface area contributed by atoms with Crippen LogP contribution in [0.15, 0.2) is 30.3 Å². The largest absolute Gasteiger partial charge is 0.312 e. The van der Waals surface area contributed by atoms with Crippen molar-refractivity contribution in [2.24, 2.45) is 0 Å². The van der Waals surface area contributed by atoms with Gasteiger partial charge >= 0.3 is 0 Å². The summed E-state index contributed by atoms with van der Waals surface area (Å²) in [5, 5.41) is 4.57. The Kier molecular flexibility index (Phi) is 3.74. The van der Waals surface area contributed by atoms with Gasteiger partial charge in [0.25, 0.3) is 0 Å². The van der Waals surface area contributed by atoms with Crippen molar-refractivity contribution < 1.29 is 0 Å². The molecule has 2 rings (SSSR count). The molecule has 2 aromatic rings. The Labute approximate surface area is 102 Å². The minimum atomic E-state index is 0.766. The van der Waals surface area contributed by atoms with E-state index < -0.39 is 0 Å². The number of nitrogens with one attached hydrogen (secondary N) is 1. The van der Waals surface area contributed by atoms with Gasteiger partial charge in [0.05, 0.1) is 5.52 Å². The van der Waals surface area contributed by atoms with E-state index in [0.29, 0.717) is 0 Å². The Morgan fingerprint density at radius 1 is 1.35 bits per heavy atom. The minimum absolute atomic E-state index is 0.766. The summed E-state index contributed by atoms with van der Waals surface area (Å²) in [7, 11) is 0. The number of terminal acetylenes is 1. The first kappa shape index (κ1) is 11.6. The van der Waals surface area contributed by atoms with E-state index in [4.69, 9.17) is 6.42 Å². The van der Waals surface area contributed by atoms with Crippen LogP contribution in [0.4, 0.5) is 0 Å². The number of benzene rings is 1.